The fraction of sp³-hybridized carbons (Fsp3) is 0.500. The van der Waals surface area contributed by atoms with Gasteiger partial charge in [-0.15, -0.1) is 0 Å². The van der Waals surface area contributed by atoms with Crippen molar-refractivity contribution in [1.82, 2.24) is 0 Å². The van der Waals surface area contributed by atoms with Crippen LogP contribution in [0.5, 0.6) is 0 Å². The quantitative estimate of drug-likeness (QED) is 0.521. The van der Waals surface area contributed by atoms with E-state index in [0.29, 0.717) is 0 Å². The Morgan fingerprint density at radius 1 is 1.00 bits per heavy atom. The summed E-state index contributed by atoms with van der Waals surface area (Å²) in [5.74, 6) is 0. The molecular formula is C12H18Cl2Te. The van der Waals surface area contributed by atoms with Crippen molar-refractivity contribution in [1.29, 1.82) is 0 Å². The molecule has 0 aromatic heterocycles. The van der Waals surface area contributed by atoms with Gasteiger partial charge in [0.05, 0.1) is 0 Å². The molecule has 0 spiro atoms. The molecule has 1 aromatic carbocycles. The molecule has 1 aromatic rings. The summed E-state index contributed by atoms with van der Waals surface area (Å²) in [6.07, 6.45) is 4.99. The van der Waals surface area contributed by atoms with Crippen LogP contribution in [0, 0.1) is 0 Å². The van der Waals surface area contributed by atoms with Crippen LogP contribution < -0.4 is 3.61 Å². The zero-order chi connectivity index (χ0) is 11.1. The summed E-state index contributed by atoms with van der Waals surface area (Å²) in [4.78, 5) is 0. The molecule has 0 fully saturated rings. The van der Waals surface area contributed by atoms with E-state index in [1.807, 2.05) is 18.2 Å². The topological polar surface area (TPSA) is 0 Å². The van der Waals surface area contributed by atoms with Crippen molar-refractivity contribution in [2.45, 2.75) is 37.1 Å². The molecule has 0 bridgehead atoms. The summed E-state index contributed by atoms with van der Waals surface area (Å²) in [7, 11) is 13.0. The van der Waals surface area contributed by atoms with Gasteiger partial charge in [0, 0.05) is 0 Å². The molecule has 0 aliphatic rings. The van der Waals surface area contributed by atoms with Crippen LogP contribution in [0.1, 0.15) is 32.6 Å². The van der Waals surface area contributed by atoms with Crippen molar-refractivity contribution in [3.8, 4) is 0 Å². The van der Waals surface area contributed by atoms with Gasteiger partial charge in [-0.1, -0.05) is 0 Å². The molecule has 0 N–H and O–H groups in total. The van der Waals surface area contributed by atoms with Crippen molar-refractivity contribution < 1.29 is 0 Å². The van der Waals surface area contributed by atoms with Crippen LogP contribution >= 0.6 is 17.9 Å². The number of hydrogen-bond donors (Lipinski definition) is 0. The Bertz CT molecular complexity index is 272. The van der Waals surface area contributed by atoms with Crippen molar-refractivity contribution in [2.24, 2.45) is 0 Å². The van der Waals surface area contributed by atoms with Gasteiger partial charge in [0.25, 0.3) is 0 Å². The van der Waals surface area contributed by atoms with Gasteiger partial charge in [-0.3, -0.25) is 0 Å². The van der Waals surface area contributed by atoms with Crippen LogP contribution in [0.15, 0.2) is 30.3 Å². The number of rotatable bonds is 6. The van der Waals surface area contributed by atoms with Crippen molar-refractivity contribution in [3.63, 3.8) is 0 Å². The van der Waals surface area contributed by atoms with Crippen LogP contribution in [-0.4, -0.2) is 15.9 Å². The van der Waals surface area contributed by atoms with Gasteiger partial charge in [0.15, 0.2) is 0 Å². The Balaban J connectivity index is 2.45. The summed E-state index contributed by atoms with van der Waals surface area (Å²) in [5.41, 5.74) is 0. The molecule has 0 nitrogen and oxygen atoms in total. The molecule has 0 amide bonds. The predicted molar refractivity (Wildman–Crippen MR) is 72.5 cm³/mol. The van der Waals surface area contributed by atoms with E-state index in [-0.39, 0.29) is 0 Å². The van der Waals surface area contributed by atoms with E-state index >= 15 is 0 Å². The summed E-state index contributed by atoms with van der Waals surface area (Å²) >= 11 is -2.73. The first kappa shape index (κ1) is 13.7. The fourth-order valence-electron chi connectivity index (χ4n) is 1.45. The first-order valence-corrected chi connectivity index (χ1v) is 14.1. The van der Waals surface area contributed by atoms with Gasteiger partial charge >= 0.3 is 105 Å². The van der Waals surface area contributed by atoms with Gasteiger partial charge < -0.3 is 0 Å². The Labute approximate surface area is 104 Å². The van der Waals surface area contributed by atoms with E-state index in [2.05, 4.69) is 19.1 Å². The van der Waals surface area contributed by atoms with Gasteiger partial charge in [-0.05, 0) is 0 Å². The molecule has 3 heteroatoms. The van der Waals surface area contributed by atoms with Crippen molar-refractivity contribution in [3.05, 3.63) is 30.3 Å². The number of benzene rings is 1. The maximum atomic E-state index is 6.50. The minimum atomic E-state index is -2.73. The Kier molecular flexibility index (Phi) is 6.39. The van der Waals surface area contributed by atoms with Gasteiger partial charge in [0.1, 0.15) is 0 Å². The maximum absolute atomic E-state index is 6.50. The number of halogens is 2. The molecule has 0 radical (unpaired) electrons. The van der Waals surface area contributed by atoms with Gasteiger partial charge in [0.2, 0.25) is 0 Å². The third-order valence-electron chi connectivity index (χ3n) is 2.34. The molecule has 1 rings (SSSR count). The molecule has 0 aliphatic carbocycles. The summed E-state index contributed by atoms with van der Waals surface area (Å²) in [6.45, 7) is 2.22. The average molecular weight is 361 g/mol. The second-order valence-electron chi connectivity index (χ2n) is 3.65. The van der Waals surface area contributed by atoms with E-state index in [0.717, 1.165) is 4.47 Å². The molecular weight excluding hydrogens is 343 g/mol. The number of hydrogen-bond acceptors (Lipinski definition) is 0. The summed E-state index contributed by atoms with van der Waals surface area (Å²) in [5, 5.41) is 0. The first-order chi connectivity index (χ1) is 7.17. The normalized spacial score (nSPS) is 12.7. The predicted octanol–water partition coefficient (Wildman–Crippen LogP) is 4.39. The summed E-state index contributed by atoms with van der Waals surface area (Å²) in [6, 6.07) is 10.2. The van der Waals surface area contributed by atoms with E-state index < -0.39 is 15.9 Å². The van der Waals surface area contributed by atoms with E-state index in [1.165, 1.54) is 29.3 Å². The Morgan fingerprint density at radius 2 is 1.67 bits per heavy atom. The number of unbranched alkanes of at least 4 members (excludes halogenated alkanes) is 3. The van der Waals surface area contributed by atoms with E-state index in [4.69, 9.17) is 17.9 Å². The second kappa shape index (κ2) is 7.02. The third-order valence-corrected chi connectivity index (χ3v) is 11.8. The van der Waals surface area contributed by atoms with Crippen molar-refractivity contribution >= 4 is 37.5 Å². The first-order valence-electron chi connectivity index (χ1n) is 5.42. The van der Waals surface area contributed by atoms with Crippen LogP contribution in [0.2, 0.25) is 4.47 Å². The molecule has 0 aliphatic heterocycles. The monoisotopic (exact) mass is 362 g/mol. The molecule has 0 saturated carbocycles. The average Bonchev–Trinajstić information content (AvgIpc) is 2.26. The molecule has 0 saturated heterocycles. The van der Waals surface area contributed by atoms with E-state index in [9.17, 15) is 0 Å². The second-order valence-corrected chi connectivity index (χ2v) is 17.6. The van der Waals surface area contributed by atoms with Crippen molar-refractivity contribution in [2.75, 3.05) is 0 Å². The SMILES string of the molecule is CCCCCC[Te](Cl)(Cl)c1ccccc1. The minimum absolute atomic E-state index is 1.02. The molecule has 0 unspecified atom stereocenters. The van der Waals surface area contributed by atoms with Gasteiger partial charge in [-0.2, -0.15) is 0 Å². The van der Waals surface area contributed by atoms with Crippen LogP contribution in [0.3, 0.4) is 0 Å². The van der Waals surface area contributed by atoms with Gasteiger partial charge in [-0.25, -0.2) is 0 Å². The fourth-order valence-corrected chi connectivity index (χ4v) is 8.17. The van der Waals surface area contributed by atoms with Crippen LogP contribution in [0.25, 0.3) is 0 Å². The van der Waals surface area contributed by atoms with Crippen LogP contribution in [-0.2, 0) is 0 Å². The zero-order valence-corrected chi connectivity index (χ0v) is 12.9. The molecule has 86 valence electrons. The Morgan fingerprint density at radius 3 is 2.27 bits per heavy atom. The molecule has 0 atom stereocenters. The van der Waals surface area contributed by atoms with E-state index in [1.54, 1.807) is 0 Å². The third kappa shape index (κ3) is 4.96. The molecule has 15 heavy (non-hydrogen) atoms. The molecule has 0 heterocycles. The zero-order valence-electron chi connectivity index (χ0n) is 9.09. The standard InChI is InChI=1S/C12H18Cl2Te/c1-2-3-4-8-11-15(13,14)12-9-6-5-7-10-12/h5-7,9-10H,2-4,8,11H2,1H3. The Hall–Kier alpha value is 0.590. The van der Waals surface area contributed by atoms with Crippen LogP contribution in [0.4, 0.5) is 0 Å². The summed E-state index contributed by atoms with van der Waals surface area (Å²) < 4.78 is 2.22.